The van der Waals surface area contributed by atoms with E-state index < -0.39 is 33.8 Å². The van der Waals surface area contributed by atoms with Gasteiger partial charge in [-0.25, -0.2) is 4.79 Å². The smallest absolute Gasteiger partial charge is 0.407 e. The van der Waals surface area contributed by atoms with Crippen LogP contribution in [0.4, 0.5) is 4.79 Å². The summed E-state index contributed by atoms with van der Waals surface area (Å²) in [6.45, 7) is 5.05. The number of hydrogen-bond acceptors (Lipinski definition) is 8. The van der Waals surface area contributed by atoms with Gasteiger partial charge in [-0.05, 0) is 26.3 Å². The molecule has 9 nitrogen and oxygen atoms in total. The van der Waals surface area contributed by atoms with Crippen LogP contribution in [0.1, 0.15) is 26.3 Å². The molecule has 0 aromatic heterocycles. The van der Waals surface area contributed by atoms with Crippen molar-refractivity contribution in [3.63, 3.8) is 0 Å². The lowest BCUT2D eigenvalue weighted by atomic mass is 10.2. The lowest BCUT2D eigenvalue weighted by Crippen LogP contribution is -2.48. The van der Waals surface area contributed by atoms with Gasteiger partial charge in [0.25, 0.3) is 10.1 Å². The highest BCUT2D eigenvalue weighted by Gasteiger charge is 2.23. The van der Waals surface area contributed by atoms with Crippen molar-refractivity contribution in [2.24, 2.45) is 0 Å². The summed E-state index contributed by atoms with van der Waals surface area (Å²) in [6, 6.07) is 8.22. The first-order valence-corrected chi connectivity index (χ1v) is 10.5. The van der Waals surface area contributed by atoms with Crippen LogP contribution in [0.2, 0.25) is 0 Å². The first-order valence-electron chi connectivity index (χ1n) is 8.71. The molecule has 0 aliphatic rings. The van der Waals surface area contributed by atoms with Crippen LogP contribution in [0.15, 0.2) is 30.3 Å². The second-order valence-corrected chi connectivity index (χ2v) is 8.65. The van der Waals surface area contributed by atoms with Gasteiger partial charge in [-0.15, -0.1) is 0 Å². The number of hydrogen-bond donors (Lipinski definition) is 2. The van der Waals surface area contributed by atoms with E-state index in [0.29, 0.717) is 0 Å². The maximum atomic E-state index is 12.4. The molecule has 1 aromatic rings. The molecule has 28 heavy (non-hydrogen) atoms. The summed E-state index contributed by atoms with van der Waals surface area (Å²) in [5, 5.41) is 5.30. The molecule has 0 saturated heterocycles. The third-order valence-electron chi connectivity index (χ3n) is 3.15. The first kappa shape index (κ1) is 23.9. The first-order chi connectivity index (χ1) is 13.0. The van der Waals surface area contributed by atoms with Crippen molar-refractivity contribution in [1.82, 2.24) is 10.6 Å². The minimum absolute atomic E-state index is 0.0637. The maximum absolute atomic E-state index is 12.4. The van der Waals surface area contributed by atoms with E-state index in [-0.39, 0.29) is 26.3 Å². The van der Waals surface area contributed by atoms with Crippen LogP contribution >= 0.6 is 0 Å². The number of carbonyl (C=O) groups excluding carboxylic acids is 2. The summed E-state index contributed by atoms with van der Waals surface area (Å²) in [5.74, 6) is -0.598. The van der Waals surface area contributed by atoms with Gasteiger partial charge >= 0.3 is 12.1 Å². The highest BCUT2D eigenvalue weighted by atomic mass is 32.2. The fourth-order valence-electron chi connectivity index (χ4n) is 1.99. The molecule has 0 heterocycles. The minimum atomic E-state index is -3.58. The number of carbonyl (C=O) groups is 2. The fraction of sp³-hybridized carbons (Fsp3) is 0.556. The van der Waals surface area contributed by atoms with Gasteiger partial charge in [-0.2, -0.15) is 8.42 Å². The number of rotatable bonds is 10. The Balaban J connectivity index is 2.59. The third-order valence-corrected chi connectivity index (χ3v) is 3.74. The van der Waals surface area contributed by atoms with Crippen LogP contribution in [0.3, 0.4) is 0 Å². The average Bonchev–Trinajstić information content (AvgIpc) is 2.57. The molecule has 2 N–H and O–H groups in total. The molecular weight excluding hydrogens is 388 g/mol. The van der Waals surface area contributed by atoms with Gasteiger partial charge in [0.1, 0.15) is 18.2 Å². The molecule has 1 amide bonds. The molecule has 0 aliphatic carbocycles. The van der Waals surface area contributed by atoms with E-state index in [1.54, 1.807) is 20.8 Å². The maximum Gasteiger partial charge on any atom is 0.407 e. The van der Waals surface area contributed by atoms with E-state index in [1.165, 1.54) is 0 Å². The molecule has 10 heteroatoms. The van der Waals surface area contributed by atoms with E-state index in [9.17, 15) is 18.0 Å². The summed E-state index contributed by atoms with van der Waals surface area (Å²) in [5.41, 5.74) is 0.138. The van der Waals surface area contributed by atoms with Crippen LogP contribution in [0.5, 0.6) is 0 Å². The topological polar surface area (TPSA) is 120 Å². The minimum Gasteiger partial charge on any atom is -0.460 e. The molecule has 158 valence electrons. The zero-order chi connectivity index (χ0) is 21.2. The van der Waals surface area contributed by atoms with Crippen molar-refractivity contribution in [3.05, 3.63) is 35.9 Å². The Labute approximate surface area is 165 Å². The second kappa shape index (κ2) is 11.0. The van der Waals surface area contributed by atoms with Crippen molar-refractivity contribution in [1.29, 1.82) is 0 Å². The summed E-state index contributed by atoms with van der Waals surface area (Å²) < 4.78 is 37.0. The van der Waals surface area contributed by atoms with Crippen molar-refractivity contribution >= 4 is 22.2 Å². The van der Waals surface area contributed by atoms with Crippen LogP contribution in [0.25, 0.3) is 0 Å². The van der Waals surface area contributed by atoms with Crippen LogP contribution in [-0.2, 0) is 35.2 Å². The fourth-order valence-corrected chi connectivity index (χ4v) is 2.38. The molecule has 0 fully saturated rings. The van der Waals surface area contributed by atoms with E-state index in [1.807, 2.05) is 30.3 Å². The van der Waals surface area contributed by atoms with Gasteiger partial charge < -0.3 is 20.1 Å². The quantitative estimate of drug-likeness (QED) is 0.332. The van der Waals surface area contributed by atoms with E-state index in [4.69, 9.17) is 9.47 Å². The number of alkyl carbamates (subject to hydrolysis) is 1. The number of benzene rings is 1. The molecule has 0 bridgehead atoms. The van der Waals surface area contributed by atoms with Gasteiger partial charge in [0, 0.05) is 13.1 Å². The Morgan fingerprint density at radius 2 is 1.79 bits per heavy atom. The highest BCUT2D eigenvalue weighted by Crippen LogP contribution is 2.06. The van der Waals surface area contributed by atoms with E-state index in [2.05, 4.69) is 14.8 Å². The Bertz CT molecular complexity index is 730. The van der Waals surface area contributed by atoms with Gasteiger partial charge in [0.2, 0.25) is 0 Å². The average molecular weight is 416 g/mol. The van der Waals surface area contributed by atoms with Crippen molar-refractivity contribution in [2.45, 2.75) is 39.0 Å². The van der Waals surface area contributed by atoms with Crippen molar-refractivity contribution < 1.29 is 31.7 Å². The monoisotopic (exact) mass is 416 g/mol. The number of nitrogens with one attached hydrogen (secondary N) is 2. The Morgan fingerprint density at radius 3 is 2.36 bits per heavy atom. The second-order valence-electron chi connectivity index (χ2n) is 7.01. The number of esters is 1. The van der Waals surface area contributed by atoms with Crippen LogP contribution in [-0.4, -0.2) is 58.1 Å². The lowest BCUT2D eigenvalue weighted by molar-refractivity contribution is -0.147. The Hall–Kier alpha value is -2.17. The summed E-state index contributed by atoms with van der Waals surface area (Å²) in [6.07, 6.45) is 0.255. The molecule has 0 aliphatic heterocycles. The lowest BCUT2D eigenvalue weighted by Gasteiger charge is -2.22. The molecule has 0 saturated carbocycles. The molecule has 0 spiro atoms. The van der Waals surface area contributed by atoms with Gasteiger partial charge in [-0.3, -0.25) is 8.98 Å². The van der Waals surface area contributed by atoms with Crippen LogP contribution in [0, 0.1) is 0 Å². The highest BCUT2D eigenvalue weighted by molar-refractivity contribution is 7.85. The van der Waals surface area contributed by atoms with Gasteiger partial charge in [0.15, 0.2) is 0 Å². The van der Waals surface area contributed by atoms with Gasteiger partial charge in [0.05, 0.1) is 12.9 Å². The summed E-state index contributed by atoms with van der Waals surface area (Å²) >= 11 is 0. The summed E-state index contributed by atoms with van der Waals surface area (Å²) in [7, 11) is -3.58. The van der Waals surface area contributed by atoms with Crippen molar-refractivity contribution in [2.75, 3.05) is 26.0 Å². The zero-order valence-corrected chi connectivity index (χ0v) is 17.4. The predicted molar refractivity (Wildman–Crippen MR) is 103 cm³/mol. The molecular formula is C18H28N2O7S. The van der Waals surface area contributed by atoms with Crippen LogP contribution < -0.4 is 10.6 Å². The molecule has 0 radical (unpaired) electrons. The van der Waals surface area contributed by atoms with Crippen molar-refractivity contribution in [3.8, 4) is 0 Å². The third kappa shape index (κ3) is 11.5. The zero-order valence-electron chi connectivity index (χ0n) is 16.6. The predicted octanol–water partition coefficient (Wildman–Crippen LogP) is 1.19. The molecule has 1 rings (SSSR count). The van der Waals surface area contributed by atoms with E-state index >= 15 is 0 Å². The SMILES string of the molecule is CC(C)(C)OC(=O)NCC(NCCOS(C)(=O)=O)C(=O)OCc1ccccc1. The number of amides is 1. The summed E-state index contributed by atoms with van der Waals surface area (Å²) in [4.78, 5) is 24.2. The molecule has 1 aromatic carbocycles. The normalized spacial score (nSPS) is 12.9. The largest absolute Gasteiger partial charge is 0.460 e. The number of ether oxygens (including phenoxy) is 2. The van der Waals surface area contributed by atoms with E-state index in [0.717, 1.165) is 11.8 Å². The standard InChI is InChI=1S/C18H28N2O7S/c1-18(2,3)27-17(22)20-12-15(19-10-11-26-28(4,23)24)16(21)25-13-14-8-6-5-7-9-14/h5-9,15,19H,10-13H2,1-4H3,(H,20,22). The Morgan fingerprint density at radius 1 is 1.14 bits per heavy atom. The molecule has 1 unspecified atom stereocenters. The molecule has 1 atom stereocenters. The van der Waals surface area contributed by atoms with Gasteiger partial charge in [-0.1, -0.05) is 30.3 Å². The Kier molecular flexibility index (Phi) is 9.36.